The van der Waals surface area contributed by atoms with E-state index in [0.717, 1.165) is 15.1 Å². The minimum atomic E-state index is -0.207. The average molecular weight is 337 g/mol. The summed E-state index contributed by atoms with van der Waals surface area (Å²) < 4.78 is 0.853. The lowest BCUT2D eigenvalue weighted by Gasteiger charge is -2.08. The highest BCUT2D eigenvalue weighted by atomic mass is 79.9. The maximum atomic E-state index is 12.1. The van der Waals surface area contributed by atoms with Gasteiger partial charge in [-0.1, -0.05) is 15.9 Å². The normalized spacial score (nSPS) is 10.2. The Bertz CT molecular complexity index is 599. The second-order valence-corrected chi connectivity index (χ2v) is 5.71. The molecule has 0 radical (unpaired) electrons. The number of hydrogen-bond donors (Lipinski definition) is 2. The molecule has 0 bridgehead atoms. The standard InChI is InChI=1S/C14H13BrN2OS/c1-19-11-5-3-10(4-6-11)17-14(18)12-7-2-9(15)8-13(12)16/h2-8H,16H2,1H3,(H,17,18). The lowest BCUT2D eigenvalue weighted by molar-refractivity contribution is 0.102. The summed E-state index contributed by atoms with van der Waals surface area (Å²) in [5.74, 6) is -0.207. The Morgan fingerprint density at radius 3 is 2.47 bits per heavy atom. The van der Waals surface area contributed by atoms with E-state index in [4.69, 9.17) is 5.73 Å². The summed E-state index contributed by atoms with van der Waals surface area (Å²) in [4.78, 5) is 13.2. The van der Waals surface area contributed by atoms with E-state index >= 15 is 0 Å². The molecule has 19 heavy (non-hydrogen) atoms. The molecule has 0 heterocycles. The molecule has 2 aromatic carbocycles. The number of halogens is 1. The highest BCUT2D eigenvalue weighted by molar-refractivity contribution is 9.10. The zero-order valence-corrected chi connectivity index (χ0v) is 12.7. The van der Waals surface area contributed by atoms with E-state index in [1.165, 1.54) is 0 Å². The van der Waals surface area contributed by atoms with Crippen molar-refractivity contribution in [2.24, 2.45) is 0 Å². The van der Waals surface area contributed by atoms with Gasteiger partial charge in [-0.15, -0.1) is 11.8 Å². The molecule has 0 aromatic heterocycles. The molecular formula is C14H13BrN2OS. The molecule has 3 nitrogen and oxygen atoms in total. The van der Waals surface area contributed by atoms with Crippen molar-refractivity contribution in [2.75, 3.05) is 17.3 Å². The molecule has 2 aromatic rings. The van der Waals surface area contributed by atoms with Crippen molar-refractivity contribution >= 4 is 45.0 Å². The number of nitrogen functional groups attached to an aromatic ring is 1. The maximum absolute atomic E-state index is 12.1. The molecule has 2 rings (SSSR count). The van der Waals surface area contributed by atoms with Crippen LogP contribution in [0, 0.1) is 0 Å². The number of nitrogens with one attached hydrogen (secondary N) is 1. The van der Waals surface area contributed by atoms with Gasteiger partial charge in [-0.2, -0.15) is 0 Å². The minimum Gasteiger partial charge on any atom is -0.398 e. The lowest BCUT2D eigenvalue weighted by atomic mass is 10.1. The number of amides is 1. The van der Waals surface area contributed by atoms with Crippen molar-refractivity contribution in [2.45, 2.75) is 4.90 Å². The zero-order chi connectivity index (χ0) is 13.8. The minimum absolute atomic E-state index is 0.207. The Labute approximate surface area is 124 Å². The van der Waals surface area contributed by atoms with Crippen LogP contribution in [0.15, 0.2) is 51.8 Å². The number of nitrogens with two attached hydrogens (primary N) is 1. The molecular weight excluding hydrogens is 324 g/mol. The first-order valence-corrected chi connectivity index (χ1v) is 7.62. The van der Waals surface area contributed by atoms with Crippen molar-refractivity contribution in [3.63, 3.8) is 0 Å². The Balaban J connectivity index is 2.15. The number of benzene rings is 2. The molecule has 0 atom stereocenters. The van der Waals surface area contributed by atoms with Crippen molar-refractivity contribution in [1.29, 1.82) is 0 Å². The summed E-state index contributed by atoms with van der Waals surface area (Å²) in [7, 11) is 0. The Morgan fingerprint density at radius 1 is 1.21 bits per heavy atom. The molecule has 0 fully saturated rings. The quantitative estimate of drug-likeness (QED) is 0.657. The first-order valence-electron chi connectivity index (χ1n) is 5.60. The third kappa shape index (κ3) is 3.52. The molecule has 5 heteroatoms. The summed E-state index contributed by atoms with van der Waals surface area (Å²) in [6.45, 7) is 0. The van der Waals surface area contributed by atoms with Gasteiger partial charge in [0.1, 0.15) is 0 Å². The van der Waals surface area contributed by atoms with Crippen LogP contribution in [0.2, 0.25) is 0 Å². The van der Waals surface area contributed by atoms with Gasteiger partial charge in [0.05, 0.1) is 5.56 Å². The third-order valence-electron chi connectivity index (χ3n) is 2.61. The average Bonchev–Trinajstić information content (AvgIpc) is 2.39. The molecule has 0 spiro atoms. The van der Waals surface area contributed by atoms with Gasteiger partial charge in [0, 0.05) is 20.7 Å². The van der Waals surface area contributed by atoms with Crippen molar-refractivity contribution in [3.05, 3.63) is 52.5 Å². The molecule has 0 saturated carbocycles. The topological polar surface area (TPSA) is 55.1 Å². The number of carbonyl (C=O) groups excluding carboxylic acids is 1. The van der Waals surface area contributed by atoms with Crippen molar-refractivity contribution < 1.29 is 4.79 Å². The van der Waals surface area contributed by atoms with Gasteiger partial charge in [-0.05, 0) is 48.7 Å². The predicted molar refractivity (Wildman–Crippen MR) is 84.7 cm³/mol. The highest BCUT2D eigenvalue weighted by Gasteiger charge is 2.10. The highest BCUT2D eigenvalue weighted by Crippen LogP contribution is 2.21. The van der Waals surface area contributed by atoms with Crippen LogP contribution < -0.4 is 11.1 Å². The zero-order valence-electron chi connectivity index (χ0n) is 10.3. The van der Waals surface area contributed by atoms with E-state index in [0.29, 0.717) is 11.3 Å². The van der Waals surface area contributed by atoms with Gasteiger partial charge in [-0.25, -0.2) is 0 Å². The molecule has 0 aliphatic rings. The fourth-order valence-corrected chi connectivity index (χ4v) is 2.40. The third-order valence-corrected chi connectivity index (χ3v) is 3.84. The summed E-state index contributed by atoms with van der Waals surface area (Å²) in [6, 6.07) is 12.9. The van der Waals surface area contributed by atoms with E-state index in [1.54, 1.807) is 30.0 Å². The van der Waals surface area contributed by atoms with Crippen LogP contribution in [-0.2, 0) is 0 Å². The summed E-state index contributed by atoms with van der Waals surface area (Å²) in [5.41, 5.74) is 7.50. The van der Waals surface area contributed by atoms with Gasteiger partial charge < -0.3 is 11.1 Å². The Morgan fingerprint density at radius 2 is 1.89 bits per heavy atom. The summed E-state index contributed by atoms with van der Waals surface area (Å²) in [5, 5.41) is 2.83. The van der Waals surface area contributed by atoms with Gasteiger partial charge in [0.2, 0.25) is 0 Å². The molecule has 0 aliphatic carbocycles. The summed E-state index contributed by atoms with van der Waals surface area (Å²) in [6.07, 6.45) is 2.01. The number of anilines is 2. The fourth-order valence-electron chi connectivity index (χ4n) is 1.61. The molecule has 0 aliphatic heterocycles. The van der Waals surface area contributed by atoms with Crippen molar-refractivity contribution in [1.82, 2.24) is 0 Å². The molecule has 0 unspecified atom stereocenters. The monoisotopic (exact) mass is 336 g/mol. The van der Waals surface area contributed by atoms with Gasteiger partial charge >= 0.3 is 0 Å². The first kappa shape index (κ1) is 14.0. The van der Waals surface area contributed by atoms with Crippen LogP contribution in [0.4, 0.5) is 11.4 Å². The molecule has 1 amide bonds. The van der Waals surface area contributed by atoms with Crippen LogP contribution in [0.25, 0.3) is 0 Å². The van der Waals surface area contributed by atoms with E-state index in [-0.39, 0.29) is 5.91 Å². The number of thioether (sulfide) groups is 1. The fraction of sp³-hybridized carbons (Fsp3) is 0.0714. The van der Waals surface area contributed by atoms with Crippen LogP contribution >= 0.6 is 27.7 Å². The van der Waals surface area contributed by atoms with E-state index in [1.807, 2.05) is 30.5 Å². The Hall–Kier alpha value is -1.46. The van der Waals surface area contributed by atoms with Gasteiger partial charge in [0.25, 0.3) is 5.91 Å². The number of carbonyl (C=O) groups is 1. The molecule has 0 saturated heterocycles. The number of hydrogen-bond acceptors (Lipinski definition) is 3. The van der Waals surface area contributed by atoms with Gasteiger partial charge in [0.15, 0.2) is 0 Å². The van der Waals surface area contributed by atoms with E-state index in [9.17, 15) is 4.79 Å². The first-order chi connectivity index (χ1) is 9.10. The van der Waals surface area contributed by atoms with Gasteiger partial charge in [-0.3, -0.25) is 4.79 Å². The SMILES string of the molecule is CSc1ccc(NC(=O)c2ccc(Br)cc2N)cc1. The predicted octanol–water partition coefficient (Wildman–Crippen LogP) is 4.01. The van der Waals surface area contributed by atoms with E-state index in [2.05, 4.69) is 21.2 Å². The van der Waals surface area contributed by atoms with Crippen LogP contribution in [-0.4, -0.2) is 12.2 Å². The number of rotatable bonds is 3. The van der Waals surface area contributed by atoms with E-state index < -0.39 is 0 Å². The summed E-state index contributed by atoms with van der Waals surface area (Å²) >= 11 is 4.97. The van der Waals surface area contributed by atoms with Crippen LogP contribution in [0.1, 0.15) is 10.4 Å². The van der Waals surface area contributed by atoms with Crippen molar-refractivity contribution in [3.8, 4) is 0 Å². The second-order valence-electron chi connectivity index (χ2n) is 3.91. The molecule has 3 N–H and O–H groups in total. The Kier molecular flexibility index (Phi) is 4.50. The van der Waals surface area contributed by atoms with Crippen LogP contribution in [0.5, 0.6) is 0 Å². The second kappa shape index (κ2) is 6.12. The van der Waals surface area contributed by atoms with Crippen LogP contribution in [0.3, 0.4) is 0 Å². The molecule has 98 valence electrons. The maximum Gasteiger partial charge on any atom is 0.257 e. The smallest absolute Gasteiger partial charge is 0.257 e. The largest absolute Gasteiger partial charge is 0.398 e. The lowest BCUT2D eigenvalue weighted by Crippen LogP contribution is -2.13.